The molecule has 2 heterocycles. The van der Waals surface area contributed by atoms with E-state index in [-0.39, 0.29) is 0 Å². The van der Waals surface area contributed by atoms with Gasteiger partial charge < -0.3 is 9.30 Å². The highest BCUT2D eigenvalue weighted by Crippen LogP contribution is 2.27. The molecule has 1 aliphatic rings. The number of rotatable bonds is 6. The number of unbranched alkanes of at least 4 members (excludes halogenated alkanes) is 1. The maximum absolute atomic E-state index is 5.84. The molecule has 1 unspecified atom stereocenters. The molecule has 0 spiro atoms. The number of imidazole rings is 1. The van der Waals surface area contributed by atoms with Crippen molar-refractivity contribution in [3.63, 3.8) is 0 Å². The van der Waals surface area contributed by atoms with Gasteiger partial charge in [-0.3, -0.25) is 0 Å². The van der Waals surface area contributed by atoms with Crippen molar-refractivity contribution in [2.24, 2.45) is 0 Å². The highest BCUT2D eigenvalue weighted by atomic mass is 32.2. The van der Waals surface area contributed by atoms with Gasteiger partial charge in [0, 0.05) is 18.9 Å². The number of thioether (sulfide) groups is 1. The smallest absolute Gasteiger partial charge is 0.169 e. The Morgan fingerprint density at radius 3 is 3.05 bits per heavy atom. The minimum Gasteiger partial charge on any atom is -0.377 e. The molecule has 0 bridgehead atoms. The summed E-state index contributed by atoms with van der Waals surface area (Å²) in [6.45, 7) is 4.23. The highest BCUT2D eigenvalue weighted by Gasteiger charge is 2.17. The fraction of sp³-hybridized carbons (Fsp3) is 0.588. The summed E-state index contributed by atoms with van der Waals surface area (Å²) in [6, 6.07) is 8.46. The van der Waals surface area contributed by atoms with Crippen LogP contribution in [0.3, 0.4) is 0 Å². The Hall–Kier alpha value is -1.00. The van der Waals surface area contributed by atoms with Crippen LogP contribution in [0.5, 0.6) is 0 Å². The number of aryl methyl sites for hydroxylation is 1. The lowest BCUT2D eigenvalue weighted by Crippen LogP contribution is -2.21. The molecule has 4 heteroatoms. The second-order valence-electron chi connectivity index (χ2n) is 5.69. The zero-order valence-corrected chi connectivity index (χ0v) is 13.6. The van der Waals surface area contributed by atoms with Gasteiger partial charge in [0.25, 0.3) is 0 Å². The molecule has 114 valence electrons. The molecule has 1 aromatic carbocycles. The zero-order valence-electron chi connectivity index (χ0n) is 12.8. The first-order valence-electron chi connectivity index (χ1n) is 8.08. The Morgan fingerprint density at radius 1 is 1.33 bits per heavy atom. The quantitative estimate of drug-likeness (QED) is 0.735. The Kier molecular flexibility index (Phi) is 5.20. The van der Waals surface area contributed by atoms with E-state index in [0.717, 1.165) is 29.6 Å². The highest BCUT2D eigenvalue weighted by molar-refractivity contribution is 7.99. The first-order chi connectivity index (χ1) is 10.4. The third kappa shape index (κ3) is 3.61. The molecule has 0 N–H and O–H groups in total. The normalized spacial score (nSPS) is 19.2. The molecule has 3 nitrogen and oxygen atoms in total. The fourth-order valence-corrected chi connectivity index (χ4v) is 3.91. The Morgan fingerprint density at radius 2 is 2.24 bits per heavy atom. The van der Waals surface area contributed by atoms with Crippen LogP contribution in [0.2, 0.25) is 0 Å². The van der Waals surface area contributed by atoms with Gasteiger partial charge in [-0.15, -0.1) is 0 Å². The number of hydrogen-bond acceptors (Lipinski definition) is 3. The Bertz CT molecular complexity index is 575. The molecule has 0 saturated carbocycles. The monoisotopic (exact) mass is 304 g/mol. The fourth-order valence-electron chi connectivity index (χ4n) is 2.80. The minimum absolute atomic E-state index is 0.406. The van der Waals surface area contributed by atoms with E-state index >= 15 is 0 Å². The van der Waals surface area contributed by atoms with Gasteiger partial charge in [0.05, 0.1) is 17.1 Å². The molecule has 0 radical (unpaired) electrons. The van der Waals surface area contributed by atoms with Crippen molar-refractivity contribution < 1.29 is 4.74 Å². The van der Waals surface area contributed by atoms with Gasteiger partial charge in [-0.2, -0.15) is 0 Å². The summed E-state index contributed by atoms with van der Waals surface area (Å²) < 4.78 is 8.22. The van der Waals surface area contributed by atoms with E-state index < -0.39 is 0 Å². The molecule has 1 saturated heterocycles. The maximum Gasteiger partial charge on any atom is 0.169 e. The number of para-hydroxylation sites is 2. The van der Waals surface area contributed by atoms with Gasteiger partial charge >= 0.3 is 0 Å². The van der Waals surface area contributed by atoms with Crippen molar-refractivity contribution in [3.05, 3.63) is 24.3 Å². The summed E-state index contributed by atoms with van der Waals surface area (Å²) in [4.78, 5) is 4.82. The van der Waals surface area contributed by atoms with Crippen molar-refractivity contribution in [1.82, 2.24) is 9.55 Å². The van der Waals surface area contributed by atoms with Crippen LogP contribution in [0, 0.1) is 0 Å². The zero-order chi connectivity index (χ0) is 14.5. The van der Waals surface area contributed by atoms with Crippen molar-refractivity contribution in [2.45, 2.75) is 56.8 Å². The van der Waals surface area contributed by atoms with Crippen LogP contribution in [0.4, 0.5) is 0 Å². The topological polar surface area (TPSA) is 27.1 Å². The van der Waals surface area contributed by atoms with Crippen LogP contribution in [0.15, 0.2) is 29.4 Å². The lowest BCUT2D eigenvalue weighted by Gasteiger charge is -2.22. The first kappa shape index (κ1) is 14.9. The number of ether oxygens (including phenoxy) is 1. The molecule has 0 amide bonds. The molecular weight excluding hydrogens is 280 g/mol. The number of hydrogen-bond donors (Lipinski definition) is 0. The number of aromatic nitrogens is 2. The number of fused-ring (bicyclic) bond motifs is 1. The Balaban J connectivity index is 1.75. The third-order valence-corrected chi connectivity index (χ3v) is 5.14. The van der Waals surface area contributed by atoms with E-state index in [4.69, 9.17) is 9.72 Å². The second kappa shape index (κ2) is 7.32. The lowest BCUT2D eigenvalue weighted by atomic mass is 10.1. The van der Waals surface area contributed by atoms with Crippen molar-refractivity contribution in [3.8, 4) is 0 Å². The van der Waals surface area contributed by atoms with Crippen LogP contribution in [0.25, 0.3) is 11.0 Å². The third-order valence-electron chi connectivity index (χ3n) is 4.03. The van der Waals surface area contributed by atoms with Crippen molar-refractivity contribution >= 4 is 22.8 Å². The summed E-state index contributed by atoms with van der Waals surface area (Å²) in [5, 5.41) is 1.15. The SMILES string of the molecule is CCCCn1c(SCC2CCCCO2)nc2ccccc21. The van der Waals surface area contributed by atoms with E-state index in [1.54, 1.807) is 0 Å². The average Bonchev–Trinajstić information content (AvgIpc) is 2.89. The molecular formula is C17H24N2OS. The summed E-state index contributed by atoms with van der Waals surface area (Å²) >= 11 is 1.86. The van der Waals surface area contributed by atoms with Crippen molar-refractivity contribution in [2.75, 3.05) is 12.4 Å². The van der Waals surface area contributed by atoms with E-state index in [1.165, 1.54) is 37.6 Å². The molecule has 2 aromatic rings. The van der Waals surface area contributed by atoms with Gasteiger partial charge in [-0.25, -0.2) is 4.98 Å². The van der Waals surface area contributed by atoms with Crippen LogP contribution in [-0.4, -0.2) is 28.0 Å². The largest absolute Gasteiger partial charge is 0.377 e. The predicted octanol–water partition coefficient (Wildman–Crippen LogP) is 4.50. The van der Waals surface area contributed by atoms with E-state index in [0.29, 0.717) is 6.10 Å². The number of benzene rings is 1. The van der Waals surface area contributed by atoms with Gasteiger partial charge in [-0.1, -0.05) is 37.2 Å². The first-order valence-corrected chi connectivity index (χ1v) is 9.06. The van der Waals surface area contributed by atoms with Gasteiger partial charge in [0.2, 0.25) is 0 Å². The average molecular weight is 304 g/mol. The van der Waals surface area contributed by atoms with Gasteiger partial charge in [0.1, 0.15) is 0 Å². The van der Waals surface area contributed by atoms with E-state index in [9.17, 15) is 0 Å². The second-order valence-corrected chi connectivity index (χ2v) is 6.68. The molecule has 1 aliphatic heterocycles. The van der Waals surface area contributed by atoms with E-state index in [1.807, 2.05) is 11.8 Å². The van der Waals surface area contributed by atoms with Crippen LogP contribution in [-0.2, 0) is 11.3 Å². The molecule has 1 fully saturated rings. The van der Waals surface area contributed by atoms with Crippen LogP contribution < -0.4 is 0 Å². The molecule has 21 heavy (non-hydrogen) atoms. The molecule has 0 aliphatic carbocycles. The number of nitrogens with zero attached hydrogens (tertiary/aromatic N) is 2. The van der Waals surface area contributed by atoms with Crippen molar-refractivity contribution in [1.29, 1.82) is 0 Å². The van der Waals surface area contributed by atoms with Crippen LogP contribution >= 0.6 is 11.8 Å². The predicted molar refractivity (Wildman–Crippen MR) is 89.0 cm³/mol. The molecule has 3 rings (SSSR count). The van der Waals surface area contributed by atoms with Gasteiger partial charge in [-0.05, 0) is 37.8 Å². The summed E-state index contributed by atoms with van der Waals surface area (Å²) in [7, 11) is 0. The summed E-state index contributed by atoms with van der Waals surface area (Å²) in [5.41, 5.74) is 2.37. The summed E-state index contributed by atoms with van der Waals surface area (Å²) in [6.07, 6.45) is 6.54. The van der Waals surface area contributed by atoms with Gasteiger partial charge in [0.15, 0.2) is 5.16 Å². The van der Waals surface area contributed by atoms with E-state index in [2.05, 4.69) is 35.8 Å². The minimum atomic E-state index is 0.406. The lowest BCUT2D eigenvalue weighted by molar-refractivity contribution is 0.0315. The molecule has 1 atom stereocenters. The molecule has 1 aromatic heterocycles. The Labute approximate surface area is 131 Å². The van der Waals surface area contributed by atoms with Crippen LogP contribution in [0.1, 0.15) is 39.0 Å². The maximum atomic E-state index is 5.84. The standard InChI is InChI=1S/C17H24N2OS/c1-2-3-11-19-16-10-5-4-9-15(16)18-17(19)21-13-14-8-6-7-12-20-14/h4-5,9-10,14H,2-3,6-8,11-13H2,1H3. The summed E-state index contributed by atoms with van der Waals surface area (Å²) in [5.74, 6) is 1.02.